The van der Waals surface area contributed by atoms with Gasteiger partial charge in [-0.2, -0.15) is 0 Å². The van der Waals surface area contributed by atoms with Gasteiger partial charge in [0.15, 0.2) is 0 Å². The molecule has 2 aromatic carbocycles. The monoisotopic (exact) mass is 445 g/mol. The topological polar surface area (TPSA) is 79.0 Å². The Labute approximate surface area is 185 Å². The van der Waals surface area contributed by atoms with E-state index in [2.05, 4.69) is 22.3 Å². The summed E-state index contributed by atoms with van der Waals surface area (Å²) >= 11 is 0. The van der Waals surface area contributed by atoms with E-state index in [0.29, 0.717) is 18.0 Å². The molecule has 7 nitrogen and oxygen atoms in total. The van der Waals surface area contributed by atoms with Crippen LogP contribution in [0.1, 0.15) is 31.7 Å². The lowest BCUT2D eigenvalue weighted by atomic mass is 10.1. The predicted octanol–water partition coefficient (Wildman–Crippen LogP) is 3.16. The fourth-order valence-corrected chi connectivity index (χ4v) is 5.03. The number of hydrogen-bond acceptors (Lipinski definition) is 5. The Hall–Kier alpha value is -2.74. The van der Waals surface area contributed by atoms with Crippen LogP contribution in [0, 0.1) is 0 Å². The van der Waals surface area contributed by atoms with Gasteiger partial charge in [-0.25, -0.2) is 8.42 Å². The number of amides is 1. The second-order valence-corrected chi connectivity index (χ2v) is 9.72. The number of nitrogens with zero attached hydrogens (tertiary/aromatic N) is 2. The average molecular weight is 446 g/mol. The zero-order valence-corrected chi connectivity index (χ0v) is 19.2. The maximum atomic E-state index is 12.8. The van der Waals surface area contributed by atoms with Crippen molar-refractivity contribution in [3.63, 3.8) is 0 Å². The number of methoxy groups -OCH3 is 1. The van der Waals surface area contributed by atoms with Crippen molar-refractivity contribution in [3.05, 3.63) is 54.1 Å². The third-order valence-corrected chi connectivity index (χ3v) is 6.78. The van der Waals surface area contributed by atoms with Crippen LogP contribution < -0.4 is 19.3 Å². The summed E-state index contributed by atoms with van der Waals surface area (Å²) < 4.78 is 31.1. The molecule has 1 aliphatic heterocycles. The van der Waals surface area contributed by atoms with Gasteiger partial charge in [-0.05, 0) is 68.1 Å². The number of hydrogen-bond donors (Lipinski definition) is 1. The molecule has 0 aromatic heterocycles. The summed E-state index contributed by atoms with van der Waals surface area (Å²) in [6.07, 6.45) is 4.83. The van der Waals surface area contributed by atoms with E-state index in [4.69, 9.17) is 4.74 Å². The van der Waals surface area contributed by atoms with Crippen LogP contribution in [-0.2, 0) is 21.4 Å². The van der Waals surface area contributed by atoms with Crippen LogP contribution >= 0.6 is 0 Å². The molecule has 3 rings (SSSR count). The number of nitrogens with one attached hydrogen (secondary N) is 1. The minimum atomic E-state index is -3.66. The molecular weight excluding hydrogens is 414 g/mol. The summed E-state index contributed by atoms with van der Waals surface area (Å²) in [5.41, 5.74) is 2.58. The Morgan fingerprint density at radius 3 is 2.23 bits per heavy atom. The highest BCUT2D eigenvalue weighted by Gasteiger charge is 2.29. The van der Waals surface area contributed by atoms with E-state index < -0.39 is 16.1 Å². The SMILES string of the molecule is COc1ccc(N(C(C)C(=O)NCc2ccc(N3CCCCC3)cc2)S(C)(=O)=O)cc1. The minimum Gasteiger partial charge on any atom is -0.497 e. The van der Waals surface area contributed by atoms with Gasteiger partial charge < -0.3 is 15.0 Å². The van der Waals surface area contributed by atoms with Crippen LogP contribution in [0.5, 0.6) is 5.75 Å². The van der Waals surface area contributed by atoms with E-state index in [1.54, 1.807) is 38.3 Å². The fourth-order valence-electron chi connectivity index (χ4n) is 3.85. The maximum absolute atomic E-state index is 12.8. The lowest BCUT2D eigenvalue weighted by molar-refractivity contribution is -0.122. The molecule has 0 radical (unpaired) electrons. The zero-order chi connectivity index (χ0) is 22.4. The van der Waals surface area contributed by atoms with Gasteiger partial charge in [-0.1, -0.05) is 12.1 Å². The van der Waals surface area contributed by atoms with Crippen molar-refractivity contribution in [3.8, 4) is 5.75 Å². The first-order valence-electron chi connectivity index (χ1n) is 10.5. The third-order valence-electron chi connectivity index (χ3n) is 5.54. The summed E-state index contributed by atoms with van der Waals surface area (Å²) in [4.78, 5) is 15.1. The first-order chi connectivity index (χ1) is 14.8. The fraction of sp³-hybridized carbons (Fsp3) is 0.435. The summed E-state index contributed by atoms with van der Waals surface area (Å²) in [5.74, 6) is 0.253. The highest BCUT2D eigenvalue weighted by molar-refractivity contribution is 7.92. The molecule has 1 unspecified atom stereocenters. The van der Waals surface area contributed by atoms with E-state index >= 15 is 0 Å². The Morgan fingerprint density at radius 1 is 1.06 bits per heavy atom. The van der Waals surface area contributed by atoms with Crippen molar-refractivity contribution in [2.24, 2.45) is 0 Å². The Bertz CT molecular complexity index is 969. The Kier molecular flexibility index (Phi) is 7.43. The Morgan fingerprint density at radius 2 is 1.68 bits per heavy atom. The molecule has 8 heteroatoms. The van der Waals surface area contributed by atoms with E-state index in [0.717, 1.165) is 29.2 Å². The van der Waals surface area contributed by atoms with Gasteiger partial charge in [-0.3, -0.25) is 9.10 Å². The van der Waals surface area contributed by atoms with Gasteiger partial charge in [-0.15, -0.1) is 0 Å². The number of carbonyl (C=O) groups is 1. The van der Waals surface area contributed by atoms with Crippen LogP contribution in [-0.4, -0.2) is 46.8 Å². The zero-order valence-electron chi connectivity index (χ0n) is 18.4. The van der Waals surface area contributed by atoms with Crippen molar-refractivity contribution < 1.29 is 17.9 Å². The van der Waals surface area contributed by atoms with Gasteiger partial charge in [0.25, 0.3) is 0 Å². The number of carbonyl (C=O) groups excluding carboxylic acids is 1. The number of anilines is 2. The molecule has 2 aromatic rings. The van der Waals surface area contributed by atoms with Gasteiger partial charge in [0.1, 0.15) is 11.8 Å². The molecule has 31 heavy (non-hydrogen) atoms. The summed E-state index contributed by atoms with van der Waals surface area (Å²) in [7, 11) is -2.12. The van der Waals surface area contributed by atoms with E-state index in [1.165, 1.54) is 24.9 Å². The molecule has 0 saturated carbocycles. The summed E-state index contributed by atoms with van der Waals surface area (Å²) in [6, 6.07) is 13.9. The molecule has 0 aliphatic carbocycles. The van der Waals surface area contributed by atoms with Crippen molar-refractivity contribution >= 4 is 27.3 Å². The van der Waals surface area contributed by atoms with E-state index in [-0.39, 0.29) is 5.91 Å². The molecular formula is C23H31N3O4S. The van der Waals surface area contributed by atoms with Crippen LogP contribution in [0.25, 0.3) is 0 Å². The largest absolute Gasteiger partial charge is 0.497 e. The van der Waals surface area contributed by atoms with Crippen LogP contribution in [0.2, 0.25) is 0 Å². The average Bonchev–Trinajstić information content (AvgIpc) is 2.78. The number of piperidine rings is 1. The normalized spacial score (nSPS) is 15.3. The van der Waals surface area contributed by atoms with E-state index in [1.807, 2.05) is 12.1 Å². The van der Waals surface area contributed by atoms with Crippen LogP contribution in [0.4, 0.5) is 11.4 Å². The molecule has 1 saturated heterocycles. The highest BCUT2D eigenvalue weighted by Crippen LogP contribution is 2.24. The van der Waals surface area contributed by atoms with Gasteiger partial charge in [0, 0.05) is 25.3 Å². The molecule has 1 N–H and O–H groups in total. The third kappa shape index (κ3) is 5.91. The molecule has 1 amide bonds. The second kappa shape index (κ2) is 10.0. The predicted molar refractivity (Wildman–Crippen MR) is 124 cm³/mol. The summed E-state index contributed by atoms with van der Waals surface area (Å²) in [5, 5.41) is 2.86. The molecule has 1 heterocycles. The number of benzene rings is 2. The maximum Gasteiger partial charge on any atom is 0.243 e. The molecule has 0 spiro atoms. The second-order valence-electron chi connectivity index (χ2n) is 7.86. The molecule has 168 valence electrons. The molecule has 1 aliphatic rings. The number of ether oxygens (including phenoxy) is 1. The first-order valence-corrected chi connectivity index (χ1v) is 12.4. The Balaban J connectivity index is 1.64. The highest BCUT2D eigenvalue weighted by atomic mass is 32.2. The van der Waals surface area contributed by atoms with Crippen molar-refractivity contribution in [2.45, 2.75) is 38.8 Å². The minimum absolute atomic E-state index is 0.337. The standard InChI is InChI=1S/C23H31N3O4S/c1-18(26(31(3,28)29)21-11-13-22(30-2)14-12-21)23(27)24-17-19-7-9-20(10-8-19)25-15-5-4-6-16-25/h7-14,18H,4-6,15-17H2,1-3H3,(H,24,27). The van der Waals surface area contributed by atoms with E-state index in [9.17, 15) is 13.2 Å². The van der Waals surface area contributed by atoms with Crippen molar-refractivity contribution in [1.82, 2.24) is 5.32 Å². The van der Waals surface area contributed by atoms with Crippen LogP contribution in [0.3, 0.4) is 0 Å². The van der Waals surface area contributed by atoms with Crippen molar-refractivity contribution in [1.29, 1.82) is 0 Å². The first kappa shape index (κ1) is 22.9. The molecule has 1 fully saturated rings. The summed E-state index contributed by atoms with van der Waals surface area (Å²) in [6.45, 7) is 4.09. The van der Waals surface area contributed by atoms with Gasteiger partial charge in [0.05, 0.1) is 19.1 Å². The molecule has 1 atom stereocenters. The number of rotatable bonds is 8. The van der Waals surface area contributed by atoms with Gasteiger partial charge >= 0.3 is 0 Å². The number of sulfonamides is 1. The smallest absolute Gasteiger partial charge is 0.243 e. The van der Waals surface area contributed by atoms with Crippen molar-refractivity contribution in [2.75, 3.05) is 35.7 Å². The molecule has 0 bridgehead atoms. The lowest BCUT2D eigenvalue weighted by Crippen LogP contribution is -2.47. The van der Waals surface area contributed by atoms with Gasteiger partial charge in [0.2, 0.25) is 15.9 Å². The lowest BCUT2D eigenvalue weighted by Gasteiger charge is -2.29. The van der Waals surface area contributed by atoms with Crippen LogP contribution in [0.15, 0.2) is 48.5 Å². The quantitative estimate of drug-likeness (QED) is 0.675.